The average molecular weight is 283 g/mol. The average Bonchev–Trinajstić information content (AvgIpc) is 2.55. The summed E-state index contributed by atoms with van der Waals surface area (Å²) < 4.78 is 5.18. The zero-order valence-electron chi connectivity index (χ0n) is 11.6. The van der Waals surface area contributed by atoms with Gasteiger partial charge in [0.05, 0.1) is 25.4 Å². The van der Waals surface area contributed by atoms with Crippen molar-refractivity contribution in [3.8, 4) is 11.8 Å². The molecule has 0 fully saturated rings. The summed E-state index contributed by atoms with van der Waals surface area (Å²) in [6.45, 7) is 1.46. The lowest BCUT2D eigenvalue weighted by Crippen LogP contribution is -2.13. The van der Waals surface area contributed by atoms with Crippen LogP contribution in [0.1, 0.15) is 11.1 Å². The lowest BCUT2D eigenvalue weighted by atomic mass is 10.2. The molecule has 0 aliphatic rings. The van der Waals surface area contributed by atoms with Crippen molar-refractivity contribution in [1.29, 1.82) is 0 Å². The van der Waals surface area contributed by atoms with Crippen molar-refractivity contribution in [2.75, 3.05) is 31.7 Å². The van der Waals surface area contributed by atoms with E-state index in [1.807, 2.05) is 30.3 Å². The topological polar surface area (TPSA) is 67.3 Å². The molecule has 2 rings (SSSR count). The molecule has 21 heavy (non-hydrogen) atoms. The van der Waals surface area contributed by atoms with E-state index in [-0.39, 0.29) is 6.61 Å². The van der Waals surface area contributed by atoms with Crippen molar-refractivity contribution in [2.45, 2.75) is 0 Å². The molecule has 0 amide bonds. The van der Waals surface area contributed by atoms with Gasteiger partial charge in [-0.15, -0.1) is 0 Å². The Balaban J connectivity index is 1.99. The minimum Gasteiger partial charge on any atom is -0.394 e. The van der Waals surface area contributed by atoms with E-state index < -0.39 is 0 Å². The molecular weight excluding hydrogens is 266 g/mol. The lowest BCUT2D eigenvalue weighted by molar-refractivity contribution is 0.0992. The molecule has 5 nitrogen and oxygen atoms in total. The number of aliphatic hydroxyl groups excluding tert-OH is 1. The fourth-order valence-corrected chi connectivity index (χ4v) is 1.63. The van der Waals surface area contributed by atoms with Crippen molar-refractivity contribution >= 4 is 5.82 Å². The number of aliphatic hydroxyl groups is 1. The second-order valence-electron chi connectivity index (χ2n) is 4.16. The van der Waals surface area contributed by atoms with E-state index in [0.29, 0.717) is 25.6 Å². The monoisotopic (exact) mass is 283 g/mol. The first-order valence-electron chi connectivity index (χ1n) is 6.69. The molecule has 0 saturated carbocycles. The maximum atomic E-state index is 8.62. The number of anilines is 1. The third kappa shape index (κ3) is 5.22. The predicted octanol–water partition coefficient (Wildman–Crippen LogP) is 1.30. The van der Waals surface area contributed by atoms with Gasteiger partial charge in [0.25, 0.3) is 0 Å². The largest absolute Gasteiger partial charge is 0.394 e. The van der Waals surface area contributed by atoms with Crippen molar-refractivity contribution in [3.05, 3.63) is 54.0 Å². The van der Waals surface area contributed by atoms with Crippen LogP contribution in [0.3, 0.4) is 0 Å². The lowest BCUT2D eigenvalue weighted by Gasteiger charge is -2.07. The molecule has 0 aliphatic heterocycles. The van der Waals surface area contributed by atoms with Gasteiger partial charge < -0.3 is 15.2 Å². The molecule has 2 N–H and O–H groups in total. The Kier molecular flexibility index (Phi) is 6.20. The zero-order chi connectivity index (χ0) is 14.8. The molecule has 2 aromatic rings. The fourth-order valence-electron chi connectivity index (χ4n) is 1.63. The van der Waals surface area contributed by atoms with Crippen LogP contribution in [0.4, 0.5) is 5.82 Å². The summed E-state index contributed by atoms with van der Waals surface area (Å²) in [7, 11) is 0. The van der Waals surface area contributed by atoms with Gasteiger partial charge in [-0.05, 0) is 12.1 Å². The summed E-state index contributed by atoms with van der Waals surface area (Å²) in [6, 6.07) is 9.75. The van der Waals surface area contributed by atoms with Crippen LogP contribution in [-0.2, 0) is 4.74 Å². The second-order valence-corrected chi connectivity index (χ2v) is 4.16. The van der Waals surface area contributed by atoms with Crippen molar-refractivity contribution in [1.82, 2.24) is 9.97 Å². The molecule has 0 saturated heterocycles. The van der Waals surface area contributed by atoms with Crippen molar-refractivity contribution in [2.24, 2.45) is 0 Å². The Hall–Kier alpha value is -2.42. The van der Waals surface area contributed by atoms with Gasteiger partial charge in [-0.2, -0.15) is 0 Å². The Bertz CT molecular complexity index is 606. The van der Waals surface area contributed by atoms with Crippen molar-refractivity contribution < 1.29 is 9.84 Å². The zero-order valence-corrected chi connectivity index (χ0v) is 11.6. The number of benzene rings is 1. The molecule has 0 spiro atoms. The molecular formula is C16H17N3O2. The molecule has 5 heteroatoms. The van der Waals surface area contributed by atoms with Crippen LogP contribution >= 0.6 is 0 Å². The first-order chi connectivity index (χ1) is 10.4. The standard InChI is InChI=1S/C16H17N3O2/c20-9-11-21-10-8-18-16-15(12-17-13-19-16)7-6-14-4-2-1-3-5-14/h1-5,12-13,20H,8-11H2,(H,17,18,19). The number of hydrogen-bond donors (Lipinski definition) is 2. The highest BCUT2D eigenvalue weighted by Gasteiger charge is 2.00. The summed E-state index contributed by atoms with van der Waals surface area (Å²) >= 11 is 0. The number of rotatable bonds is 6. The summed E-state index contributed by atoms with van der Waals surface area (Å²) in [5.74, 6) is 6.82. The summed E-state index contributed by atoms with van der Waals surface area (Å²) in [5, 5.41) is 11.8. The first-order valence-corrected chi connectivity index (χ1v) is 6.69. The van der Waals surface area contributed by atoms with E-state index in [2.05, 4.69) is 27.1 Å². The summed E-state index contributed by atoms with van der Waals surface area (Å²) in [4.78, 5) is 8.18. The highest BCUT2D eigenvalue weighted by Crippen LogP contribution is 2.08. The number of nitrogens with one attached hydrogen (secondary N) is 1. The van der Waals surface area contributed by atoms with Crippen LogP contribution in [0.2, 0.25) is 0 Å². The van der Waals surface area contributed by atoms with Gasteiger partial charge in [-0.25, -0.2) is 9.97 Å². The van der Waals surface area contributed by atoms with Gasteiger partial charge in [0.2, 0.25) is 0 Å². The Morgan fingerprint density at radius 2 is 2.00 bits per heavy atom. The molecule has 0 aliphatic carbocycles. The summed E-state index contributed by atoms with van der Waals surface area (Å²) in [6.07, 6.45) is 3.16. The SMILES string of the molecule is OCCOCCNc1ncncc1C#Cc1ccccc1. The van der Waals surface area contributed by atoms with Gasteiger partial charge in [0.15, 0.2) is 0 Å². The minimum atomic E-state index is 0.0291. The molecule has 0 unspecified atom stereocenters. The number of ether oxygens (including phenoxy) is 1. The predicted molar refractivity (Wildman–Crippen MR) is 80.8 cm³/mol. The highest BCUT2D eigenvalue weighted by molar-refractivity contribution is 5.54. The molecule has 1 aromatic carbocycles. The van der Waals surface area contributed by atoms with E-state index in [1.165, 1.54) is 6.33 Å². The molecule has 0 atom stereocenters. The third-order valence-electron chi connectivity index (χ3n) is 2.60. The maximum Gasteiger partial charge on any atom is 0.145 e. The van der Waals surface area contributed by atoms with Crippen LogP contribution in [0, 0.1) is 11.8 Å². The Morgan fingerprint density at radius 3 is 2.81 bits per heavy atom. The summed E-state index contributed by atoms with van der Waals surface area (Å²) in [5.41, 5.74) is 1.68. The van der Waals surface area contributed by atoms with Crippen LogP contribution in [0.15, 0.2) is 42.9 Å². The molecule has 0 bridgehead atoms. The molecule has 108 valence electrons. The smallest absolute Gasteiger partial charge is 0.145 e. The van der Waals surface area contributed by atoms with E-state index in [1.54, 1.807) is 6.20 Å². The highest BCUT2D eigenvalue weighted by atomic mass is 16.5. The van der Waals surface area contributed by atoms with Gasteiger partial charge in [-0.3, -0.25) is 0 Å². The second kappa shape index (κ2) is 8.69. The van der Waals surface area contributed by atoms with Gasteiger partial charge >= 0.3 is 0 Å². The van der Waals surface area contributed by atoms with E-state index in [0.717, 1.165) is 11.1 Å². The van der Waals surface area contributed by atoms with E-state index >= 15 is 0 Å². The molecule has 0 radical (unpaired) electrons. The van der Waals surface area contributed by atoms with Crippen LogP contribution in [-0.4, -0.2) is 41.4 Å². The van der Waals surface area contributed by atoms with Gasteiger partial charge in [0.1, 0.15) is 12.1 Å². The van der Waals surface area contributed by atoms with Crippen LogP contribution < -0.4 is 5.32 Å². The number of aromatic nitrogens is 2. The maximum absolute atomic E-state index is 8.62. The first kappa shape index (κ1) is 15.0. The van der Waals surface area contributed by atoms with E-state index in [4.69, 9.17) is 9.84 Å². The molecule has 1 aromatic heterocycles. The number of nitrogens with zero attached hydrogens (tertiary/aromatic N) is 2. The molecule has 1 heterocycles. The third-order valence-corrected chi connectivity index (χ3v) is 2.60. The number of hydrogen-bond acceptors (Lipinski definition) is 5. The van der Waals surface area contributed by atoms with E-state index in [9.17, 15) is 0 Å². The Labute approximate surface area is 124 Å². The van der Waals surface area contributed by atoms with Crippen LogP contribution in [0.5, 0.6) is 0 Å². The Morgan fingerprint density at radius 1 is 1.14 bits per heavy atom. The minimum absolute atomic E-state index is 0.0291. The van der Waals surface area contributed by atoms with Crippen molar-refractivity contribution in [3.63, 3.8) is 0 Å². The fraction of sp³-hybridized carbons (Fsp3) is 0.250. The van der Waals surface area contributed by atoms with Crippen LogP contribution in [0.25, 0.3) is 0 Å². The van der Waals surface area contributed by atoms with Gasteiger partial charge in [0, 0.05) is 18.3 Å². The normalized spacial score (nSPS) is 9.76. The van der Waals surface area contributed by atoms with Gasteiger partial charge in [-0.1, -0.05) is 30.0 Å². The quantitative estimate of drug-likeness (QED) is 0.618.